The molecule has 0 unspecified atom stereocenters. The molecule has 1 aliphatic heterocycles. The van der Waals surface area contributed by atoms with Crippen molar-refractivity contribution in [2.24, 2.45) is 5.41 Å². The third kappa shape index (κ3) is 1.91. The van der Waals surface area contributed by atoms with Gasteiger partial charge in [-0.3, -0.25) is 4.79 Å². The summed E-state index contributed by atoms with van der Waals surface area (Å²) in [6, 6.07) is 0. The topological polar surface area (TPSA) is 32.3 Å². The summed E-state index contributed by atoms with van der Waals surface area (Å²) < 4.78 is 0. The molecule has 78 valence electrons. The molecule has 1 N–H and O–H groups in total. The smallest absolute Gasteiger partial charge is 0.241 e. The molecule has 3 nitrogen and oxygen atoms in total. The Morgan fingerprint density at radius 3 is 2.71 bits per heavy atom. The van der Waals surface area contributed by atoms with Gasteiger partial charge >= 0.3 is 0 Å². The number of carbonyl (C=O) groups is 1. The zero-order valence-corrected chi connectivity index (χ0v) is 8.81. The lowest BCUT2D eigenvalue weighted by atomic mass is 10.1. The SMILES string of the molecule is C=C(C)NCC(=O)N1CCC2(CC2)C1. The van der Waals surface area contributed by atoms with Crippen molar-refractivity contribution >= 4 is 5.91 Å². The second kappa shape index (κ2) is 3.30. The highest BCUT2D eigenvalue weighted by Gasteiger charge is 2.48. The lowest BCUT2D eigenvalue weighted by Crippen LogP contribution is -2.36. The summed E-state index contributed by atoms with van der Waals surface area (Å²) in [7, 11) is 0. The van der Waals surface area contributed by atoms with Gasteiger partial charge in [0.2, 0.25) is 5.91 Å². The van der Waals surface area contributed by atoms with Gasteiger partial charge in [0.05, 0.1) is 6.54 Å². The van der Waals surface area contributed by atoms with E-state index < -0.39 is 0 Å². The highest BCUT2D eigenvalue weighted by molar-refractivity contribution is 5.78. The summed E-state index contributed by atoms with van der Waals surface area (Å²) in [5.41, 5.74) is 1.40. The first-order valence-corrected chi connectivity index (χ1v) is 5.29. The van der Waals surface area contributed by atoms with Gasteiger partial charge < -0.3 is 10.2 Å². The fraction of sp³-hybridized carbons (Fsp3) is 0.727. The number of nitrogens with zero attached hydrogens (tertiary/aromatic N) is 1. The van der Waals surface area contributed by atoms with Crippen molar-refractivity contribution in [1.29, 1.82) is 0 Å². The molecule has 0 aromatic heterocycles. The molecule has 0 aromatic carbocycles. The predicted molar refractivity (Wildman–Crippen MR) is 55.7 cm³/mol. The molecule has 0 radical (unpaired) electrons. The molecule has 2 aliphatic rings. The summed E-state index contributed by atoms with van der Waals surface area (Å²) >= 11 is 0. The zero-order chi connectivity index (χ0) is 10.2. The standard InChI is InChI=1S/C11H18N2O/c1-9(2)12-7-10(14)13-6-5-11(8-13)3-4-11/h12H,1,3-8H2,2H3. The minimum absolute atomic E-state index is 0.219. The molecule has 1 spiro atoms. The molecule has 3 heteroatoms. The van der Waals surface area contributed by atoms with E-state index in [0.29, 0.717) is 12.0 Å². The molecule has 2 rings (SSSR count). The Bertz CT molecular complexity index is 268. The summed E-state index contributed by atoms with van der Waals surface area (Å²) in [4.78, 5) is 13.7. The van der Waals surface area contributed by atoms with Gasteiger partial charge in [-0.15, -0.1) is 0 Å². The molecule has 0 bridgehead atoms. The molecule has 2 fully saturated rings. The fourth-order valence-corrected chi connectivity index (χ4v) is 2.07. The van der Waals surface area contributed by atoms with Gasteiger partial charge in [0.25, 0.3) is 0 Å². The molecule has 1 aliphatic carbocycles. The van der Waals surface area contributed by atoms with E-state index in [4.69, 9.17) is 0 Å². The van der Waals surface area contributed by atoms with Gasteiger partial charge in [0.1, 0.15) is 0 Å². The van der Waals surface area contributed by atoms with Crippen LogP contribution in [0.5, 0.6) is 0 Å². The second-order valence-electron chi connectivity index (χ2n) is 4.70. The van der Waals surface area contributed by atoms with Crippen LogP contribution in [0, 0.1) is 5.41 Å². The molecule has 1 saturated heterocycles. The van der Waals surface area contributed by atoms with Gasteiger partial charge in [0.15, 0.2) is 0 Å². The van der Waals surface area contributed by atoms with Crippen LogP contribution in [0.3, 0.4) is 0 Å². The van der Waals surface area contributed by atoms with E-state index in [9.17, 15) is 4.79 Å². The van der Waals surface area contributed by atoms with E-state index in [0.717, 1.165) is 18.8 Å². The lowest BCUT2D eigenvalue weighted by molar-refractivity contribution is -0.129. The summed E-state index contributed by atoms with van der Waals surface area (Å²) in [5, 5.41) is 2.98. The quantitative estimate of drug-likeness (QED) is 0.730. The van der Waals surface area contributed by atoms with E-state index in [2.05, 4.69) is 11.9 Å². The van der Waals surface area contributed by atoms with Gasteiger partial charge in [0, 0.05) is 18.8 Å². The normalized spacial score (nSPS) is 22.5. The van der Waals surface area contributed by atoms with Gasteiger partial charge in [-0.05, 0) is 31.6 Å². The summed E-state index contributed by atoms with van der Waals surface area (Å²) in [6.45, 7) is 7.94. The van der Waals surface area contributed by atoms with Crippen molar-refractivity contribution in [3.05, 3.63) is 12.3 Å². The van der Waals surface area contributed by atoms with E-state index >= 15 is 0 Å². The van der Waals surface area contributed by atoms with Crippen molar-refractivity contribution < 1.29 is 4.79 Å². The molecular formula is C11H18N2O. The number of amides is 1. The number of likely N-dealkylation sites (tertiary alicyclic amines) is 1. The molecule has 1 heterocycles. The Morgan fingerprint density at radius 1 is 1.50 bits per heavy atom. The Morgan fingerprint density at radius 2 is 2.21 bits per heavy atom. The first-order valence-electron chi connectivity index (χ1n) is 5.29. The van der Waals surface area contributed by atoms with Crippen LogP contribution in [0.4, 0.5) is 0 Å². The van der Waals surface area contributed by atoms with E-state index in [1.165, 1.54) is 19.3 Å². The first kappa shape index (κ1) is 9.56. The van der Waals surface area contributed by atoms with Crippen molar-refractivity contribution in [1.82, 2.24) is 10.2 Å². The molecule has 0 aromatic rings. The molecule has 0 atom stereocenters. The van der Waals surface area contributed by atoms with Crippen LogP contribution in [0.2, 0.25) is 0 Å². The highest BCUT2D eigenvalue weighted by atomic mass is 16.2. The van der Waals surface area contributed by atoms with E-state index in [1.807, 2.05) is 11.8 Å². The average molecular weight is 194 g/mol. The van der Waals surface area contributed by atoms with Crippen LogP contribution in [0.1, 0.15) is 26.2 Å². The molecule has 14 heavy (non-hydrogen) atoms. The van der Waals surface area contributed by atoms with Gasteiger partial charge in [-0.1, -0.05) is 6.58 Å². The summed E-state index contributed by atoms with van der Waals surface area (Å²) in [5.74, 6) is 0.219. The minimum atomic E-state index is 0.219. The maximum atomic E-state index is 11.7. The molecule has 1 saturated carbocycles. The van der Waals surface area contributed by atoms with Crippen LogP contribution >= 0.6 is 0 Å². The van der Waals surface area contributed by atoms with Crippen LogP contribution in [0.25, 0.3) is 0 Å². The third-order valence-electron chi connectivity index (χ3n) is 3.29. The Hall–Kier alpha value is -0.990. The van der Waals surface area contributed by atoms with Crippen LogP contribution < -0.4 is 5.32 Å². The van der Waals surface area contributed by atoms with Crippen LogP contribution in [-0.2, 0) is 4.79 Å². The van der Waals surface area contributed by atoms with Crippen molar-refractivity contribution in [2.45, 2.75) is 26.2 Å². The van der Waals surface area contributed by atoms with Gasteiger partial charge in [-0.25, -0.2) is 0 Å². The maximum absolute atomic E-state index is 11.7. The van der Waals surface area contributed by atoms with E-state index in [1.54, 1.807) is 0 Å². The van der Waals surface area contributed by atoms with Crippen LogP contribution in [-0.4, -0.2) is 30.4 Å². The Balaban J connectivity index is 1.78. The predicted octanol–water partition coefficient (Wildman–Crippen LogP) is 1.12. The second-order valence-corrected chi connectivity index (χ2v) is 4.70. The van der Waals surface area contributed by atoms with E-state index in [-0.39, 0.29) is 5.91 Å². The highest BCUT2D eigenvalue weighted by Crippen LogP contribution is 2.52. The third-order valence-corrected chi connectivity index (χ3v) is 3.29. The molecular weight excluding hydrogens is 176 g/mol. The lowest BCUT2D eigenvalue weighted by Gasteiger charge is -2.16. The Labute approximate surface area is 85.2 Å². The molecule has 1 amide bonds. The zero-order valence-electron chi connectivity index (χ0n) is 8.81. The number of allylic oxidation sites excluding steroid dienone is 1. The number of hydrogen-bond donors (Lipinski definition) is 1. The average Bonchev–Trinajstić information content (AvgIpc) is 2.73. The van der Waals surface area contributed by atoms with Crippen LogP contribution in [0.15, 0.2) is 12.3 Å². The number of hydrogen-bond acceptors (Lipinski definition) is 2. The first-order chi connectivity index (χ1) is 6.61. The van der Waals surface area contributed by atoms with Gasteiger partial charge in [-0.2, -0.15) is 0 Å². The summed E-state index contributed by atoms with van der Waals surface area (Å²) in [6.07, 6.45) is 3.86. The number of nitrogens with one attached hydrogen (secondary N) is 1. The number of rotatable bonds is 3. The monoisotopic (exact) mass is 194 g/mol. The maximum Gasteiger partial charge on any atom is 0.241 e. The van der Waals surface area contributed by atoms with Crippen molar-refractivity contribution in [2.75, 3.05) is 19.6 Å². The van der Waals surface area contributed by atoms with Crippen molar-refractivity contribution in [3.63, 3.8) is 0 Å². The number of carbonyl (C=O) groups excluding carboxylic acids is 1. The minimum Gasteiger partial charge on any atom is -0.380 e. The Kier molecular flexibility index (Phi) is 2.25. The van der Waals surface area contributed by atoms with Crippen molar-refractivity contribution in [3.8, 4) is 0 Å². The largest absolute Gasteiger partial charge is 0.380 e. The fourth-order valence-electron chi connectivity index (χ4n) is 2.07.